The number of aryl methyl sites for hydroxylation is 2. The molecule has 1 saturated heterocycles. The zero-order valence-corrected chi connectivity index (χ0v) is 13.9. The standard InChI is InChI=1S/C18H27N3O2/c1-20(13-18(22)23)17(12-21-9-7-19-8-10-21)16-6-5-14-3-2-4-15(14)11-16/h5-6,11,17,19H,2-4,7-10,12-13H2,1H3,(H,22,23). The maximum atomic E-state index is 11.2. The lowest BCUT2D eigenvalue weighted by atomic mass is 9.99. The summed E-state index contributed by atoms with van der Waals surface area (Å²) in [6, 6.07) is 6.90. The SMILES string of the molecule is CN(CC(=O)O)C(CN1CCNCC1)c1ccc2c(c1)CCC2. The predicted octanol–water partition coefficient (Wildman–Crippen LogP) is 1.14. The van der Waals surface area contributed by atoms with Crippen molar-refractivity contribution in [2.45, 2.75) is 25.3 Å². The van der Waals surface area contributed by atoms with Crippen LogP contribution < -0.4 is 5.32 Å². The van der Waals surface area contributed by atoms with Gasteiger partial charge in [-0.2, -0.15) is 0 Å². The molecule has 1 heterocycles. The van der Waals surface area contributed by atoms with E-state index in [1.165, 1.54) is 29.5 Å². The molecule has 23 heavy (non-hydrogen) atoms. The summed E-state index contributed by atoms with van der Waals surface area (Å²) in [7, 11) is 1.92. The minimum Gasteiger partial charge on any atom is -0.480 e. The fraction of sp³-hybridized carbons (Fsp3) is 0.611. The highest BCUT2D eigenvalue weighted by atomic mass is 16.4. The van der Waals surface area contributed by atoms with Crippen LogP contribution in [0.1, 0.15) is 29.2 Å². The highest BCUT2D eigenvalue weighted by Gasteiger charge is 2.24. The van der Waals surface area contributed by atoms with Gasteiger partial charge < -0.3 is 10.4 Å². The van der Waals surface area contributed by atoms with E-state index >= 15 is 0 Å². The molecule has 0 amide bonds. The Hall–Kier alpha value is -1.43. The molecule has 1 unspecified atom stereocenters. The van der Waals surface area contributed by atoms with E-state index in [1.807, 2.05) is 11.9 Å². The number of hydrogen-bond acceptors (Lipinski definition) is 4. The Bertz CT molecular complexity index is 555. The summed E-state index contributed by atoms with van der Waals surface area (Å²) >= 11 is 0. The molecule has 2 aliphatic rings. The summed E-state index contributed by atoms with van der Waals surface area (Å²) in [5.41, 5.74) is 4.18. The van der Waals surface area contributed by atoms with Gasteiger partial charge in [0.05, 0.1) is 6.54 Å². The van der Waals surface area contributed by atoms with Crippen molar-refractivity contribution in [1.29, 1.82) is 0 Å². The lowest BCUT2D eigenvalue weighted by Gasteiger charge is -2.35. The number of nitrogens with one attached hydrogen (secondary N) is 1. The van der Waals surface area contributed by atoms with Gasteiger partial charge >= 0.3 is 5.97 Å². The van der Waals surface area contributed by atoms with Crippen LogP contribution in [0.5, 0.6) is 0 Å². The van der Waals surface area contributed by atoms with E-state index in [4.69, 9.17) is 0 Å². The third kappa shape index (κ3) is 4.10. The quantitative estimate of drug-likeness (QED) is 0.824. The van der Waals surface area contributed by atoms with Crippen LogP contribution in [0, 0.1) is 0 Å². The average molecular weight is 317 g/mol. The number of benzene rings is 1. The Morgan fingerprint density at radius 2 is 2.04 bits per heavy atom. The number of fused-ring (bicyclic) bond motifs is 1. The number of nitrogens with zero attached hydrogens (tertiary/aromatic N) is 2. The Labute approximate surface area is 138 Å². The summed E-state index contributed by atoms with van der Waals surface area (Å²) in [5.74, 6) is -0.765. The Balaban J connectivity index is 1.79. The van der Waals surface area contributed by atoms with Crippen LogP contribution in [0.15, 0.2) is 18.2 Å². The van der Waals surface area contributed by atoms with E-state index in [-0.39, 0.29) is 12.6 Å². The van der Waals surface area contributed by atoms with Crippen molar-refractivity contribution in [2.75, 3.05) is 46.3 Å². The molecule has 3 rings (SSSR count). The van der Waals surface area contributed by atoms with E-state index < -0.39 is 5.97 Å². The molecule has 0 aromatic heterocycles. The maximum Gasteiger partial charge on any atom is 0.317 e. The molecular formula is C18H27N3O2. The Morgan fingerprint density at radius 3 is 2.78 bits per heavy atom. The topological polar surface area (TPSA) is 55.8 Å². The van der Waals surface area contributed by atoms with E-state index in [0.29, 0.717) is 0 Å². The number of carboxylic acids is 1. The molecule has 0 bridgehead atoms. The van der Waals surface area contributed by atoms with Gasteiger partial charge in [0, 0.05) is 38.8 Å². The fourth-order valence-electron chi connectivity index (χ4n) is 3.76. The first-order valence-electron chi connectivity index (χ1n) is 8.60. The second-order valence-electron chi connectivity index (χ2n) is 6.76. The van der Waals surface area contributed by atoms with Gasteiger partial charge in [-0.25, -0.2) is 0 Å². The first kappa shape index (κ1) is 16.4. The van der Waals surface area contributed by atoms with Crippen LogP contribution in [0.25, 0.3) is 0 Å². The van der Waals surface area contributed by atoms with Crippen LogP contribution in [0.3, 0.4) is 0 Å². The second kappa shape index (κ2) is 7.43. The lowest BCUT2D eigenvalue weighted by molar-refractivity contribution is -0.138. The largest absolute Gasteiger partial charge is 0.480 e. The number of hydrogen-bond donors (Lipinski definition) is 2. The summed E-state index contributed by atoms with van der Waals surface area (Å²) < 4.78 is 0. The van der Waals surface area contributed by atoms with Crippen LogP contribution in [0.2, 0.25) is 0 Å². The normalized spacial score (nSPS) is 19.7. The lowest BCUT2D eigenvalue weighted by Crippen LogP contribution is -2.47. The van der Waals surface area contributed by atoms with E-state index in [2.05, 4.69) is 28.4 Å². The van der Waals surface area contributed by atoms with Gasteiger partial charge in [0.25, 0.3) is 0 Å². The van der Waals surface area contributed by atoms with Crippen LogP contribution in [-0.2, 0) is 17.6 Å². The highest BCUT2D eigenvalue weighted by Crippen LogP contribution is 2.28. The summed E-state index contributed by atoms with van der Waals surface area (Å²) in [6.07, 6.45) is 3.58. The molecule has 1 aliphatic carbocycles. The smallest absolute Gasteiger partial charge is 0.317 e. The number of carboxylic acid groups (broad SMARTS) is 1. The van der Waals surface area contributed by atoms with Crippen molar-refractivity contribution >= 4 is 5.97 Å². The van der Waals surface area contributed by atoms with Crippen molar-refractivity contribution < 1.29 is 9.90 Å². The fourth-order valence-corrected chi connectivity index (χ4v) is 3.76. The first-order valence-corrected chi connectivity index (χ1v) is 8.60. The molecule has 1 fully saturated rings. The van der Waals surface area contributed by atoms with Crippen LogP contribution in [0.4, 0.5) is 0 Å². The highest BCUT2D eigenvalue weighted by molar-refractivity contribution is 5.69. The van der Waals surface area contributed by atoms with Crippen molar-refractivity contribution in [3.8, 4) is 0 Å². The monoisotopic (exact) mass is 317 g/mol. The maximum absolute atomic E-state index is 11.2. The van der Waals surface area contributed by atoms with Crippen molar-refractivity contribution in [1.82, 2.24) is 15.1 Å². The molecule has 1 aromatic carbocycles. The Morgan fingerprint density at radius 1 is 1.30 bits per heavy atom. The summed E-state index contributed by atoms with van der Waals surface area (Å²) in [6.45, 7) is 5.06. The molecule has 0 radical (unpaired) electrons. The van der Waals surface area contributed by atoms with Crippen molar-refractivity contribution in [2.24, 2.45) is 0 Å². The predicted molar refractivity (Wildman–Crippen MR) is 90.8 cm³/mol. The van der Waals surface area contributed by atoms with Gasteiger partial charge in [-0.3, -0.25) is 14.6 Å². The summed E-state index contributed by atoms with van der Waals surface area (Å²) in [4.78, 5) is 15.6. The van der Waals surface area contributed by atoms with E-state index in [9.17, 15) is 9.90 Å². The third-order valence-electron chi connectivity index (χ3n) is 5.06. The third-order valence-corrected chi connectivity index (χ3v) is 5.06. The van der Waals surface area contributed by atoms with Gasteiger partial charge in [0.2, 0.25) is 0 Å². The minimum atomic E-state index is -0.765. The molecule has 5 nitrogen and oxygen atoms in total. The molecule has 5 heteroatoms. The first-order chi connectivity index (χ1) is 11.1. The van der Waals surface area contributed by atoms with Gasteiger partial charge in [-0.15, -0.1) is 0 Å². The summed E-state index contributed by atoms with van der Waals surface area (Å²) in [5, 5.41) is 12.5. The molecule has 1 atom stereocenters. The van der Waals surface area contributed by atoms with Crippen molar-refractivity contribution in [3.05, 3.63) is 34.9 Å². The van der Waals surface area contributed by atoms with E-state index in [0.717, 1.165) is 39.1 Å². The van der Waals surface area contributed by atoms with Gasteiger partial charge in [-0.05, 0) is 43.0 Å². The zero-order chi connectivity index (χ0) is 16.2. The van der Waals surface area contributed by atoms with E-state index in [1.54, 1.807) is 0 Å². The van der Waals surface area contributed by atoms with Crippen molar-refractivity contribution in [3.63, 3.8) is 0 Å². The zero-order valence-electron chi connectivity index (χ0n) is 13.9. The van der Waals surface area contributed by atoms with Crippen LogP contribution in [-0.4, -0.2) is 67.2 Å². The molecule has 2 N–H and O–H groups in total. The van der Waals surface area contributed by atoms with Gasteiger partial charge in [-0.1, -0.05) is 18.2 Å². The number of piperazine rings is 1. The number of likely N-dealkylation sites (N-methyl/N-ethyl adjacent to an activating group) is 1. The Kier molecular flexibility index (Phi) is 5.30. The molecule has 1 aromatic rings. The molecule has 126 valence electrons. The number of rotatable bonds is 6. The van der Waals surface area contributed by atoms with Crippen LogP contribution >= 0.6 is 0 Å². The minimum absolute atomic E-state index is 0.0772. The number of aliphatic carboxylic acids is 1. The second-order valence-corrected chi connectivity index (χ2v) is 6.76. The average Bonchev–Trinajstić information content (AvgIpc) is 3.00. The molecule has 0 saturated carbocycles. The molecular weight excluding hydrogens is 290 g/mol. The van der Waals surface area contributed by atoms with Gasteiger partial charge in [0.1, 0.15) is 0 Å². The molecule has 0 spiro atoms. The molecule has 1 aliphatic heterocycles. The number of carbonyl (C=O) groups is 1. The van der Waals surface area contributed by atoms with Gasteiger partial charge in [0.15, 0.2) is 0 Å².